The first-order valence-electron chi connectivity index (χ1n) is 5.82. The van der Waals surface area contributed by atoms with Gasteiger partial charge in [-0.1, -0.05) is 19.9 Å². The molecule has 0 N–H and O–H groups in total. The van der Waals surface area contributed by atoms with Crippen LogP contribution < -0.4 is 4.74 Å². The Morgan fingerprint density at radius 1 is 1.19 bits per heavy atom. The molecule has 86 valence electrons. The molecule has 0 saturated heterocycles. The van der Waals surface area contributed by atoms with Gasteiger partial charge in [0.25, 0.3) is 0 Å². The molecule has 16 heavy (non-hydrogen) atoms. The standard InChI is InChI=1S/C15H20O/c1-10-6-7-15(3,4)13-9-14(16-5)11(2)8-12(10)13/h6,8-9H,7H2,1-5H3. The van der Waals surface area contributed by atoms with Gasteiger partial charge in [-0.05, 0) is 60.1 Å². The van der Waals surface area contributed by atoms with Gasteiger partial charge in [0.05, 0.1) is 7.11 Å². The first kappa shape index (κ1) is 11.3. The summed E-state index contributed by atoms with van der Waals surface area (Å²) in [5.41, 5.74) is 5.62. The normalized spacial score (nSPS) is 17.7. The summed E-state index contributed by atoms with van der Waals surface area (Å²) in [6.07, 6.45) is 3.45. The Labute approximate surface area is 98.1 Å². The van der Waals surface area contributed by atoms with Gasteiger partial charge in [0.1, 0.15) is 5.75 Å². The lowest BCUT2D eigenvalue weighted by molar-refractivity contribution is 0.408. The van der Waals surface area contributed by atoms with E-state index < -0.39 is 0 Å². The molecule has 0 radical (unpaired) electrons. The highest BCUT2D eigenvalue weighted by Gasteiger charge is 2.27. The van der Waals surface area contributed by atoms with Gasteiger partial charge in [0, 0.05) is 0 Å². The quantitative estimate of drug-likeness (QED) is 0.687. The lowest BCUT2D eigenvalue weighted by atomic mass is 9.73. The maximum absolute atomic E-state index is 5.42. The molecular formula is C15H20O. The van der Waals surface area contributed by atoms with Crippen molar-refractivity contribution < 1.29 is 4.74 Å². The molecule has 0 spiro atoms. The van der Waals surface area contributed by atoms with Crippen LogP contribution in [0.3, 0.4) is 0 Å². The smallest absolute Gasteiger partial charge is 0.122 e. The van der Waals surface area contributed by atoms with Crippen molar-refractivity contribution in [3.8, 4) is 5.75 Å². The SMILES string of the molecule is COc1cc2c(cc1C)C(C)=CCC2(C)C. The number of ether oxygens (including phenoxy) is 1. The third-order valence-corrected chi connectivity index (χ3v) is 3.61. The van der Waals surface area contributed by atoms with E-state index in [9.17, 15) is 0 Å². The molecule has 0 aliphatic heterocycles. The Hall–Kier alpha value is -1.24. The molecular weight excluding hydrogens is 196 g/mol. The largest absolute Gasteiger partial charge is 0.496 e. The Kier molecular flexibility index (Phi) is 2.57. The van der Waals surface area contributed by atoms with Crippen LogP contribution in [-0.2, 0) is 5.41 Å². The van der Waals surface area contributed by atoms with E-state index in [2.05, 4.69) is 45.9 Å². The van der Waals surface area contributed by atoms with Gasteiger partial charge in [-0.3, -0.25) is 0 Å². The molecule has 0 atom stereocenters. The number of rotatable bonds is 1. The van der Waals surface area contributed by atoms with Gasteiger partial charge in [0.15, 0.2) is 0 Å². The first-order chi connectivity index (χ1) is 7.45. The maximum Gasteiger partial charge on any atom is 0.122 e. The summed E-state index contributed by atoms with van der Waals surface area (Å²) in [6, 6.07) is 4.46. The van der Waals surface area contributed by atoms with Crippen molar-refractivity contribution >= 4 is 5.57 Å². The van der Waals surface area contributed by atoms with Crippen LogP contribution >= 0.6 is 0 Å². The van der Waals surface area contributed by atoms with E-state index in [4.69, 9.17) is 4.74 Å². The molecule has 0 saturated carbocycles. The summed E-state index contributed by atoms with van der Waals surface area (Å²) < 4.78 is 5.42. The van der Waals surface area contributed by atoms with Crippen molar-refractivity contribution in [1.29, 1.82) is 0 Å². The number of fused-ring (bicyclic) bond motifs is 1. The monoisotopic (exact) mass is 216 g/mol. The minimum absolute atomic E-state index is 0.218. The Morgan fingerprint density at radius 3 is 2.50 bits per heavy atom. The molecule has 1 aliphatic rings. The van der Waals surface area contributed by atoms with Crippen LogP contribution in [0.25, 0.3) is 5.57 Å². The summed E-state index contributed by atoms with van der Waals surface area (Å²) in [5.74, 6) is 1.00. The number of aryl methyl sites for hydroxylation is 1. The predicted molar refractivity (Wildman–Crippen MR) is 69.0 cm³/mol. The summed E-state index contributed by atoms with van der Waals surface area (Å²) in [6.45, 7) is 8.89. The van der Waals surface area contributed by atoms with Crippen molar-refractivity contribution in [3.63, 3.8) is 0 Å². The van der Waals surface area contributed by atoms with Crippen LogP contribution in [-0.4, -0.2) is 7.11 Å². The topological polar surface area (TPSA) is 9.23 Å². The molecule has 0 aromatic heterocycles. The van der Waals surface area contributed by atoms with Gasteiger partial charge in [-0.25, -0.2) is 0 Å². The Balaban J connectivity index is 2.67. The zero-order valence-electron chi connectivity index (χ0n) is 10.8. The molecule has 0 fully saturated rings. The van der Waals surface area contributed by atoms with Crippen molar-refractivity contribution in [1.82, 2.24) is 0 Å². The summed E-state index contributed by atoms with van der Waals surface area (Å²) >= 11 is 0. The van der Waals surface area contributed by atoms with E-state index in [1.807, 2.05) is 0 Å². The van der Waals surface area contributed by atoms with Gasteiger partial charge in [-0.2, -0.15) is 0 Å². The summed E-state index contributed by atoms with van der Waals surface area (Å²) in [4.78, 5) is 0. The molecule has 1 aliphatic carbocycles. The zero-order valence-corrected chi connectivity index (χ0v) is 10.8. The van der Waals surface area contributed by atoms with Crippen LogP contribution in [0.4, 0.5) is 0 Å². The maximum atomic E-state index is 5.42. The molecule has 1 aromatic rings. The van der Waals surface area contributed by atoms with Gasteiger partial charge in [0.2, 0.25) is 0 Å². The van der Waals surface area contributed by atoms with Crippen LogP contribution in [0, 0.1) is 6.92 Å². The lowest BCUT2D eigenvalue weighted by Gasteiger charge is -2.32. The molecule has 1 nitrogen and oxygen atoms in total. The average Bonchev–Trinajstić information content (AvgIpc) is 2.23. The molecule has 0 heterocycles. The van der Waals surface area contributed by atoms with Crippen molar-refractivity contribution in [2.45, 2.75) is 39.5 Å². The number of methoxy groups -OCH3 is 1. The van der Waals surface area contributed by atoms with E-state index in [-0.39, 0.29) is 5.41 Å². The zero-order chi connectivity index (χ0) is 11.9. The third kappa shape index (κ3) is 1.64. The van der Waals surface area contributed by atoms with Crippen LogP contribution in [0.2, 0.25) is 0 Å². The fourth-order valence-electron chi connectivity index (χ4n) is 2.42. The number of hydrogen-bond acceptors (Lipinski definition) is 1. The lowest BCUT2D eigenvalue weighted by Crippen LogP contribution is -2.21. The number of allylic oxidation sites excluding steroid dienone is 2. The van der Waals surface area contributed by atoms with E-state index in [1.54, 1.807) is 7.11 Å². The third-order valence-electron chi connectivity index (χ3n) is 3.61. The van der Waals surface area contributed by atoms with Crippen LogP contribution in [0.15, 0.2) is 18.2 Å². The first-order valence-corrected chi connectivity index (χ1v) is 5.82. The predicted octanol–water partition coefficient (Wildman–Crippen LogP) is 4.09. The highest BCUT2D eigenvalue weighted by molar-refractivity contribution is 5.72. The molecule has 1 aromatic carbocycles. The highest BCUT2D eigenvalue weighted by atomic mass is 16.5. The molecule has 2 rings (SSSR count). The van der Waals surface area contributed by atoms with E-state index in [0.717, 1.165) is 12.2 Å². The Bertz CT molecular complexity index is 453. The second-order valence-electron chi connectivity index (χ2n) is 5.34. The number of benzene rings is 1. The van der Waals surface area contributed by atoms with Crippen molar-refractivity contribution in [2.24, 2.45) is 0 Å². The van der Waals surface area contributed by atoms with E-state index >= 15 is 0 Å². The fourth-order valence-corrected chi connectivity index (χ4v) is 2.42. The van der Waals surface area contributed by atoms with Gasteiger partial charge in [-0.15, -0.1) is 0 Å². The molecule has 0 amide bonds. The van der Waals surface area contributed by atoms with Crippen molar-refractivity contribution in [2.75, 3.05) is 7.11 Å². The van der Waals surface area contributed by atoms with Crippen molar-refractivity contribution in [3.05, 3.63) is 34.9 Å². The fraction of sp³-hybridized carbons (Fsp3) is 0.467. The highest BCUT2D eigenvalue weighted by Crippen LogP contribution is 2.41. The average molecular weight is 216 g/mol. The number of hydrogen-bond donors (Lipinski definition) is 0. The summed E-state index contributed by atoms with van der Waals surface area (Å²) in [5, 5.41) is 0. The van der Waals surface area contributed by atoms with Crippen LogP contribution in [0.1, 0.15) is 43.9 Å². The molecule has 0 bridgehead atoms. The van der Waals surface area contributed by atoms with E-state index in [1.165, 1.54) is 22.3 Å². The van der Waals surface area contributed by atoms with Crippen LogP contribution in [0.5, 0.6) is 5.75 Å². The minimum atomic E-state index is 0.218. The van der Waals surface area contributed by atoms with Gasteiger partial charge < -0.3 is 4.74 Å². The minimum Gasteiger partial charge on any atom is -0.496 e. The molecule has 1 heteroatoms. The van der Waals surface area contributed by atoms with Gasteiger partial charge >= 0.3 is 0 Å². The second-order valence-corrected chi connectivity index (χ2v) is 5.34. The Morgan fingerprint density at radius 2 is 1.88 bits per heavy atom. The van der Waals surface area contributed by atoms with E-state index in [0.29, 0.717) is 0 Å². The molecule has 0 unspecified atom stereocenters. The second kappa shape index (κ2) is 3.65. The summed E-state index contributed by atoms with van der Waals surface area (Å²) in [7, 11) is 1.74.